The first-order chi connectivity index (χ1) is 8.16. The molecule has 1 aromatic rings. The molecule has 0 aromatic heterocycles. The average molecular weight is 238 g/mol. The van der Waals surface area contributed by atoms with Gasteiger partial charge in [-0.3, -0.25) is 4.79 Å². The Bertz CT molecular complexity index is 422. The second-order valence-electron chi connectivity index (χ2n) is 3.73. The summed E-state index contributed by atoms with van der Waals surface area (Å²) >= 11 is 0. The van der Waals surface area contributed by atoms with Crippen LogP contribution in [0.4, 0.5) is 5.69 Å². The van der Waals surface area contributed by atoms with E-state index in [-0.39, 0.29) is 6.79 Å². The molecule has 1 aromatic carbocycles. The lowest BCUT2D eigenvalue weighted by Crippen LogP contribution is -2.32. The van der Waals surface area contributed by atoms with Crippen molar-refractivity contribution in [3.8, 4) is 11.5 Å². The van der Waals surface area contributed by atoms with E-state index in [0.29, 0.717) is 18.7 Å². The molecule has 1 unspecified atom stereocenters. The lowest BCUT2D eigenvalue weighted by atomic mass is 10.2. The Labute approximate surface area is 98.3 Å². The van der Waals surface area contributed by atoms with Crippen LogP contribution in [-0.2, 0) is 4.79 Å². The molecule has 0 radical (unpaired) electrons. The predicted octanol–water partition coefficient (Wildman–Crippen LogP) is 0.629. The zero-order valence-electron chi connectivity index (χ0n) is 9.18. The van der Waals surface area contributed by atoms with E-state index in [1.165, 1.54) is 0 Å². The van der Waals surface area contributed by atoms with Crippen LogP contribution in [0.1, 0.15) is 6.42 Å². The molecule has 2 rings (SSSR count). The van der Waals surface area contributed by atoms with Crippen molar-refractivity contribution in [2.75, 3.05) is 18.7 Å². The molecule has 1 heterocycles. The van der Waals surface area contributed by atoms with Gasteiger partial charge in [0.05, 0.1) is 0 Å². The fourth-order valence-electron chi connectivity index (χ4n) is 1.50. The van der Waals surface area contributed by atoms with Crippen LogP contribution < -0.4 is 20.5 Å². The molecule has 0 fully saturated rings. The molecule has 0 saturated carbocycles. The summed E-state index contributed by atoms with van der Waals surface area (Å²) in [6.07, 6.45) is 0.365. The Balaban J connectivity index is 1.85. The van der Waals surface area contributed by atoms with Crippen molar-refractivity contribution in [3.63, 3.8) is 0 Å². The van der Waals surface area contributed by atoms with Crippen LogP contribution in [-0.4, -0.2) is 30.5 Å². The van der Waals surface area contributed by atoms with Gasteiger partial charge in [0.15, 0.2) is 11.5 Å². The third-order valence-corrected chi connectivity index (χ3v) is 2.47. The fraction of sp³-hybridized carbons (Fsp3) is 0.364. The number of fused-ring (bicyclic) bond motifs is 1. The van der Waals surface area contributed by atoms with E-state index in [1.807, 2.05) is 18.2 Å². The van der Waals surface area contributed by atoms with E-state index in [1.54, 1.807) is 0 Å². The van der Waals surface area contributed by atoms with Gasteiger partial charge in [0.1, 0.15) is 6.04 Å². The Kier molecular flexibility index (Phi) is 3.34. The summed E-state index contributed by atoms with van der Waals surface area (Å²) in [5, 5.41) is 11.7. The Morgan fingerprint density at radius 1 is 1.47 bits per heavy atom. The van der Waals surface area contributed by atoms with E-state index < -0.39 is 12.0 Å². The molecule has 6 nitrogen and oxygen atoms in total. The van der Waals surface area contributed by atoms with Crippen molar-refractivity contribution in [2.45, 2.75) is 12.5 Å². The number of nitrogens with two attached hydrogens (primary N) is 1. The third kappa shape index (κ3) is 2.79. The fourth-order valence-corrected chi connectivity index (χ4v) is 1.50. The third-order valence-electron chi connectivity index (χ3n) is 2.47. The molecule has 0 saturated heterocycles. The van der Waals surface area contributed by atoms with E-state index in [0.717, 1.165) is 11.4 Å². The van der Waals surface area contributed by atoms with Crippen LogP contribution in [0.3, 0.4) is 0 Å². The first-order valence-corrected chi connectivity index (χ1v) is 5.29. The summed E-state index contributed by atoms with van der Waals surface area (Å²) in [6, 6.07) is 4.63. The van der Waals surface area contributed by atoms with Crippen LogP contribution in [0.2, 0.25) is 0 Å². The van der Waals surface area contributed by atoms with Gasteiger partial charge >= 0.3 is 5.97 Å². The van der Waals surface area contributed by atoms with Crippen molar-refractivity contribution in [3.05, 3.63) is 18.2 Å². The quantitative estimate of drug-likeness (QED) is 0.696. The molecule has 0 spiro atoms. The molecule has 0 bridgehead atoms. The molecule has 1 atom stereocenters. The predicted molar refractivity (Wildman–Crippen MR) is 61.3 cm³/mol. The monoisotopic (exact) mass is 238 g/mol. The number of carboxylic acids is 1. The van der Waals surface area contributed by atoms with Crippen molar-refractivity contribution in [2.24, 2.45) is 5.73 Å². The molecular formula is C11H14N2O4. The topological polar surface area (TPSA) is 93.8 Å². The lowest BCUT2D eigenvalue weighted by Gasteiger charge is -2.09. The molecule has 6 heteroatoms. The summed E-state index contributed by atoms with van der Waals surface area (Å²) in [4.78, 5) is 10.5. The van der Waals surface area contributed by atoms with Gasteiger partial charge in [0.25, 0.3) is 0 Å². The number of carbonyl (C=O) groups is 1. The summed E-state index contributed by atoms with van der Waals surface area (Å²) in [5.74, 6) is 0.424. The number of hydrogen-bond acceptors (Lipinski definition) is 5. The molecule has 17 heavy (non-hydrogen) atoms. The van der Waals surface area contributed by atoms with Gasteiger partial charge in [-0.1, -0.05) is 0 Å². The summed E-state index contributed by atoms with van der Waals surface area (Å²) < 4.78 is 10.4. The number of carboxylic acid groups (broad SMARTS) is 1. The minimum atomic E-state index is -0.988. The van der Waals surface area contributed by atoms with Crippen LogP contribution in [0.25, 0.3) is 0 Å². The summed E-state index contributed by atoms with van der Waals surface area (Å²) in [7, 11) is 0. The molecule has 0 aliphatic carbocycles. The average Bonchev–Trinajstić information content (AvgIpc) is 2.75. The summed E-state index contributed by atoms with van der Waals surface area (Å²) in [6.45, 7) is 0.732. The van der Waals surface area contributed by atoms with Crippen molar-refractivity contribution >= 4 is 11.7 Å². The van der Waals surface area contributed by atoms with Crippen LogP contribution in [0.15, 0.2) is 18.2 Å². The van der Waals surface area contributed by atoms with Crippen LogP contribution in [0, 0.1) is 0 Å². The van der Waals surface area contributed by atoms with E-state index in [9.17, 15) is 4.79 Å². The highest BCUT2D eigenvalue weighted by atomic mass is 16.7. The first kappa shape index (κ1) is 11.5. The van der Waals surface area contributed by atoms with Gasteiger partial charge in [-0.2, -0.15) is 0 Å². The van der Waals surface area contributed by atoms with Gasteiger partial charge < -0.3 is 25.6 Å². The Morgan fingerprint density at radius 3 is 3.00 bits per heavy atom. The maximum absolute atomic E-state index is 10.5. The van der Waals surface area contributed by atoms with Crippen LogP contribution >= 0.6 is 0 Å². The van der Waals surface area contributed by atoms with Gasteiger partial charge in [-0.15, -0.1) is 0 Å². The maximum atomic E-state index is 10.5. The summed E-state index contributed by atoms with van der Waals surface area (Å²) in [5.41, 5.74) is 6.24. The number of anilines is 1. The van der Waals surface area contributed by atoms with Gasteiger partial charge in [-0.25, -0.2) is 0 Å². The number of hydrogen-bond donors (Lipinski definition) is 3. The normalized spacial score (nSPS) is 14.4. The zero-order chi connectivity index (χ0) is 12.3. The van der Waals surface area contributed by atoms with Crippen molar-refractivity contribution in [1.29, 1.82) is 0 Å². The number of nitrogens with one attached hydrogen (secondary N) is 1. The minimum absolute atomic E-state index is 0.239. The SMILES string of the molecule is NC(CCNc1ccc2c(c1)OCO2)C(=O)O. The molecule has 1 aliphatic rings. The molecule has 92 valence electrons. The molecule has 1 aliphatic heterocycles. The van der Waals surface area contributed by atoms with E-state index >= 15 is 0 Å². The molecule has 4 N–H and O–H groups in total. The standard InChI is InChI=1S/C11H14N2O4/c12-8(11(14)15)3-4-13-7-1-2-9-10(5-7)17-6-16-9/h1-2,5,8,13H,3-4,6,12H2,(H,14,15). The van der Waals surface area contributed by atoms with E-state index in [2.05, 4.69) is 5.32 Å². The molecular weight excluding hydrogens is 224 g/mol. The second kappa shape index (κ2) is 4.92. The number of ether oxygens (including phenoxy) is 2. The van der Waals surface area contributed by atoms with Crippen molar-refractivity contribution < 1.29 is 19.4 Å². The van der Waals surface area contributed by atoms with Gasteiger partial charge in [-0.05, 0) is 18.6 Å². The highest BCUT2D eigenvalue weighted by molar-refractivity contribution is 5.73. The first-order valence-electron chi connectivity index (χ1n) is 5.29. The highest BCUT2D eigenvalue weighted by Gasteiger charge is 2.14. The number of benzene rings is 1. The van der Waals surface area contributed by atoms with Gasteiger partial charge in [0.2, 0.25) is 6.79 Å². The number of aliphatic carboxylic acids is 1. The zero-order valence-corrected chi connectivity index (χ0v) is 9.18. The number of rotatable bonds is 5. The van der Waals surface area contributed by atoms with E-state index in [4.69, 9.17) is 20.3 Å². The van der Waals surface area contributed by atoms with Crippen molar-refractivity contribution in [1.82, 2.24) is 0 Å². The Morgan fingerprint density at radius 2 is 2.24 bits per heavy atom. The smallest absolute Gasteiger partial charge is 0.320 e. The Hall–Kier alpha value is -1.95. The highest BCUT2D eigenvalue weighted by Crippen LogP contribution is 2.34. The maximum Gasteiger partial charge on any atom is 0.320 e. The lowest BCUT2D eigenvalue weighted by molar-refractivity contribution is -0.138. The second-order valence-corrected chi connectivity index (χ2v) is 3.73. The van der Waals surface area contributed by atoms with Gasteiger partial charge in [0, 0.05) is 18.3 Å². The molecule has 0 amide bonds. The minimum Gasteiger partial charge on any atom is -0.480 e. The van der Waals surface area contributed by atoms with Crippen LogP contribution in [0.5, 0.6) is 11.5 Å². The largest absolute Gasteiger partial charge is 0.480 e.